The Hall–Kier alpha value is -1.95. The van der Waals surface area contributed by atoms with Gasteiger partial charge in [-0.25, -0.2) is 0 Å². The third-order valence-corrected chi connectivity index (χ3v) is 3.79. The molecule has 3 heteroatoms. The van der Waals surface area contributed by atoms with Gasteiger partial charge < -0.3 is 10.2 Å². The van der Waals surface area contributed by atoms with Crippen LogP contribution >= 0.6 is 0 Å². The summed E-state index contributed by atoms with van der Waals surface area (Å²) in [6.45, 7) is 6.74. The number of benzene rings is 1. The highest BCUT2D eigenvalue weighted by Gasteiger charge is 2.27. The van der Waals surface area contributed by atoms with Crippen LogP contribution < -0.4 is 5.32 Å². The van der Waals surface area contributed by atoms with Crippen LogP contribution in [0.15, 0.2) is 18.2 Å². The first-order valence-corrected chi connectivity index (χ1v) is 7.19. The van der Waals surface area contributed by atoms with Crippen molar-refractivity contribution in [2.45, 2.75) is 46.1 Å². The van der Waals surface area contributed by atoms with Crippen molar-refractivity contribution < 1.29 is 4.79 Å². The fraction of sp³-hybridized carbons (Fsp3) is 0.471. The summed E-state index contributed by atoms with van der Waals surface area (Å²) in [6.07, 6.45) is 3.08. The number of hydrogen-bond acceptors (Lipinski definition) is 2. The molecule has 0 bridgehead atoms. The quantitative estimate of drug-likeness (QED) is 0.838. The first kappa shape index (κ1) is 14.5. The zero-order chi connectivity index (χ0) is 14.5. The summed E-state index contributed by atoms with van der Waals surface area (Å²) < 4.78 is 0. The molecule has 1 fully saturated rings. The molecule has 2 rings (SSSR count). The number of carbonyl (C=O) groups is 1. The molecular weight excluding hydrogens is 248 g/mol. The largest absolute Gasteiger partial charge is 0.324 e. The van der Waals surface area contributed by atoms with E-state index < -0.39 is 0 Å². The Morgan fingerprint density at radius 3 is 2.65 bits per heavy atom. The third-order valence-electron chi connectivity index (χ3n) is 3.79. The molecule has 3 nitrogen and oxygen atoms in total. The number of piperidine rings is 1. The standard InChI is InChI=1S/C17H22N2O/c1-4-11-19-12-6-5-10-15(19)17(20)18-16-13(2)8-7-9-14(16)3/h7-9,15H,5-6,10,12H2,1-3H3,(H,18,20)/t15-/m0/s1. The SMILES string of the molecule is CC#CN1CCCC[C@H]1C(=O)Nc1c(C)cccc1C. The summed E-state index contributed by atoms with van der Waals surface area (Å²) in [5, 5.41) is 3.09. The van der Waals surface area contributed by atoms with Crippen molar-refractivity contribution >= 4 is 11.6 Å². The van der Waals surface area contributed by atoms with E-state index in [9.17, 15) is 4.79 Å². The number of rotatable bonds is 2. The normalized spacial score (nSPS) is 18.1. The topological polar surface area (TPSA) is 32.3 Å². The number of anilines is 1. The third kappa shape index (κ3) is 3.14. The number of likely N-dealkylation sites (tertiary alicyclic amines) is 1. The van der Waals surface area contributed by atoms with Gasteiger partial charge in [0.1, 0.15) is 6.04 Å². The van der Waals surface area contributed by atoms with Gasteiger partial charge in [-0.15, -0.1) is 0 Å². The van der Waals surface area contributed by atoms with Crippen molar-refractivity contribution in [2.75, 3.05) is 11.9 Å². The molecule has 0 aromatic heterocycles. The van der Waals surface area contributed by atoms with Gasteiger partial charge in [0.25, 0.3) is 0 Å². The predicted molar refractivity (Wildman–Crippen MR) is 82.3 cm³/mol. The zero-order valence-electron chi connectivity index (χ0n) is 12.5. The highest BCUT2D eigenvalue weighted by Crippen LogP contribution is 2.22. The minimum Gasteiger partial charge on any atom is -0.324 e. The van der Waals surface area contributed by atoms with Gasteiger partial charge in [0, 0.05) is 18.3 Å². The average Bonchev–Trinajstić information content (AvgIpc) is 2.44. The Morgan fingerprint density at radius 1 is 1.30 bits per heavy atom. The maximum Gasteiger partial charge on any atom is 0.247 e. The Bertz CT molecular complexity index is 534. The fourth-order valence-corrected chi connectivity index (χ4v) is 2.70. The summed E-state index contributed by atoms with van der Waals surface area (Å²) in [5.41, 5.74) is 3.14. The molecular formula is C17H22N2O. The van der Waals surface area contributed by atoms with E-state index in [1.165, 1.54) is 0 Å². The van der Waals surface area contributed by atoms with Gasteiger partial charge in [-0.2, -0.15) is 0 Å². The minimum absolute atomic E-state index is 0.0600. The van der Waals surface area contributed by atoms with Crippen molar-refractivity contribution in [3.63, 3.8) is 0 Å². The smallest absolute Gasteiger partial charge is 0.247 e. The molecule has 1 aliphatic rings. The summed E-state index contributed by atoms with van der Waals surface area (Å²) in [7, 11) is 0. The molecule has 106 valence electrons. The highest BCUT2D eigenvalue weighted by atomic mass is 16.2. The Labute approximate surface area is 121 Å². The van der Waals surface area contributed by atoms with Gasteiger partial charge in [-0.05, 0) is 51.2 Å². The maximum atomic E-state index is 12.5. The lowest BCUT2D eigenvalue weighted by Crippen LogP contribution is -2.44. The molecule has 1 N–H and O–H groups in total. The number of amides is 1. The Kier molecular flexibility index (Phi) is 4.68. The molecule has 1 aromatic rings. The Balaban J connectivity index is 2.15. The number of nitrogens with zero attached hydrogens (tertiary/aromatic N) is 1. The van der Waals surface area contributed by atoms with E-state index in [4.69, 9.17) is 0 Å². The van der Waals surface area contributed by atoms with Crippen LogP contribution in [-0.2, 0) is 4.79 Å². The van der Waals surface area contributed by atoms with Gasteiger partial charge in [0.05, 0.1) is 0 Å². The second-order valence-electron chi connectivity index (χ2n) is 5.32. The first-order chi connectivity index (χ1) is 9.63. The van der Waals surface area contributed by atoms with Crippen molar-refractivity contribution in [1.29, 1.82) is 0 Å². The van der Waals surface area contributed by atoms with Crippen LogP contribution in [0.25, 0.3) is 0 Å². The molecule has 0 aliphatic carbocycles. The van der Waals surface area contributed by atoms with E-state index in [0.29, 0.717) is 0 Å². The number of aryl methyl sites for hydroxylation is 2. The van der Waals surface area contributed by atoms with Gasteiger partial charge in [-0.3, -0.25) is 4.79 Å². The van der Waals surface area contributed by atoms with Gasteiger partial charge in [-0.1, -0.05) is 24.1 Å². The number of carbonyl (C=O) groups excluding carboxylic acids is 1. The summed E-state index contributed by atoms with van der Waals surface area (Å²) in [5.74, 6) is 2.96. The van der Waals surface area contributed by atoms with Crippen molar-refractivity contribution in [3.05, 3.63) is 29.3 Å². The van der Waals surface area contributed by atoms with Gasteiger partial charge >= 0.3 is 0 Å². The molecule has 1 aromatic carbocycles. The van der Waals surface area contributed by atoms with Crippen molar-refractivity contribution in [2.24, 2.45) is 0 Å². The average molecular weight is 270 g/mol. The summed E-state index contributed by atoms with van der Waals surface area (Å²) in [4.78, 5) is 14.5. The second kappa shape index (κ2) is 6.47. The van der Waals surface area contributed by atoms with Gasteiger partial charge in [0.15, 0.2) is 0 Å². The van der Waals surface area contributed by atoms with E-state index in [0.717, 1.165) is 42.6 Å². The first-order valence-electron chi connectivity index (χ1n) is 7.19. The number of nitrogens with one attached hydrogen (secondary N) is 1. The predicted octanol–water partition coefficient (Wildman–Crippen LogP) is 3.08. The van der Waals surface area contributed by atoms with Gasteiger partial charge in [0.2, 0.25) is 5.91 Å². The molecule has 1 aliphatic heterocycles. The molecule has 0 saturated carbocycles. The van der Waals surface area contributed by atoms with Crippen LogP contribution in [0.3, 0.4) is 0 Å². The summed E-state index contributed by atoms with van der Waals surface area (Å²) >= 11 is 0. The molecule has 0 unspecified atom stereocenters. The second-order valence-corrected chi connectivity index (χ2v) is 5.32. The van der Waals surface area contributed by atoms with Crippen LogP contribution in [-0.4, -0.2) is 23.4 Å². The molecule has 1 amide bonds. The van der Waals surface area contributed by atoms with E-state index in [2.05, 4.69) is 17.3 Å². The number of para-hydroxylation sites is 1. The lowest BCUT2D eigenvalue weighted by atomic mass is 10.0. The molecule has 20 heavy (non-hydrogen) atoms. The van der Waals surface area contributed by atoms with E-state index in [-0.39, 0.29) is 11.9 Å². The molecule has 0 radical (unpaired) electrons. The summed E-state index contributed by atoms with van der Waals surface area (Å²) in [6, 6.07) is 8.98. The monoisotopic (exact) mass is 270 g/mol. The Morgan fingerprint density at radius 2 is 2.00 bits per heavy atom. The molecule has 1 saturated heterocycles. The fourth-order valence-electron chi connectivity index (χ4n) is 2.70. The maximum absolute atomic E-state index is 12.5. The van der Waals surface area contributed by atoms with Crippen LogP contribution in [0.5, 0.6) is 0 Å². The highest BCUT2D eigenvalue weighted by molar-refractivity contribution is 5.96. The van der Waals surface area contributed by atoms with Crippen LogP contribution in [0.1, 0.15) is 37.3 Å². The molecule has 0 spiro atoms. The van der Waals surface area contributed by atoms with Crippen LogP contribution in [0, 0.1) is 25.8 Å². The van der Waals surface area contributed by atoms with Crippen LogP contribution in [0.2, 0.25) is 0 Å². The lowest BCUT2D eigenvalue weighted by Gasteiger charge is -2.32. The van der Waals surface area contributed by atoms with E-state index in [1.54, 1.807) is 0 Å². The zero-order valence-corrected chi connectivity index (χ0v) is 12.5. The van der Waals surface area contributed by atoms with Crippen LogP contribution in [0.4, 0.5) is 5.69 Å². The number of hydrogen-bond donors (Lipinski definition) is 1. The van der Waals surface area contributed by atoms with Crippen molar-refractivity contribution in [1.82, 2.24) is 4.90 Å². The minimum atomic E-state index is -0.129. The molecule has 1 heterocycles. The van der Waals surface area contributed by atoms with E-state index in [1.807, 2.05) is 43.9 Å². The van der Waals surface area contributed by atoms with Crippen molar-refractivity contribution in [3.8, 4) is 12.0 Å². The molecule has 1 atom stereocenters. The van der Waals surface area contributed by atoms with E-state index >= 15 is 0 Å². The lowest BCUT2D eigenvalue weighted by molar-refractivity contribution is -0.121.